The number of carboxylic acids is 1. The lowest BCUT2D eigenvalue weighted by Gasteiger charge is -2.11. The molecule has 0 spiro atoms. The smallest absolute Gasteiger partial charge is 0.355 e. The van der Waals surface area contributed by atoms with E-state index in [1.54, 1.807) is 28.9 Å². The van der Waals surface area contributed by atoms with E-state index in [1.165, 1.54) is 17.5 Å². The van der Waals surface area contributed by atoms with Gasteiger partial charge in [-0.15, -0.1) is 16.5 Å². The second-order valence-electron chi connectivity index (χ2n) is 10.5. The van der Waals surface area contributed by atoms with Crippen LogP contribution in [0.25, 0.3) is 27.5 Å². The van der Waals surface area contributed by atoms with Crippen LogP contribution < -0.4 is 5.14 Å². The number of hydrogen-bond acceptors (Lipinski definition) is 5. The van der Waals surface area contributed by atoms with Crippen LogP contribution in [0, 0.1) is 24.5 Å². The number of nitrogens with zero attached hydrogens (tertiary/aromatic N) is 3. The van der Waals surface area contributed by atoms with E-state index in [9.17, 15) is 14.1 Å². The molecule has 42 heavy (non-hydrogen) atoms. The minimum Gasteiger partial charge on any atom is -0.476 e. The normalized spacial score (nSPS) is 13.8. The van der Waals surface area contributed by atoms with E-state index in [4.69, 9.17) is 10.2 Å². The lowest BCUT2D eigenvalue weighted by atomic mass is 9.94. The van der Waals surface area contributed by atoms with E-state index in [2.05, 4.69) is 4.98 Å². The molecule has 0 saturated heterocycles. The second kappa shape index (κ2) is 11.3. The largest absolute Gasteiger partial charge is 0.476 e. The molecule has 2 heterocycles. The highest BCUT2D eigenvalue weighted by molar-refractivity contribution is 7.82. The summed E-state index contributed by atoms with van der Waals surface area (Å²) >= 11 is 1.16. The Morgan fingerprint density at radius 1 is 1.07 bits per heavy atom. The van der Waals surface area contributed by atoms with Crippen molar-refractivity contribution in [3.05, 3.63) is 106 Å². The van der Waals surface area contributed by atoms with Crippen molar-refractivity contribution in [2.75, 3.05) is 0 Å². The molecule has 3 N–H and O–H groups in total. The number of rotatable bonds is 9. The van der Waals surface area contributed by atoms with Crippen molar-refractivity contribution >= 4 is 28.3 Å². The summed E-state index contributed by atoms with van der Waals surface area (Å²) in [6.45, 7) is 1.96. The van der Waals surface area contributed by atoms with Crippen LogP contribution in [0.15, 0.2) is 70.9 Å². The minimum atomic E-state index is -2.19. The number of thiazole rings is 1. The Balaban J connectivity index is 1.54. The molecule has 5 aromatic rings. The highest BCUT2D eigenvalue weighted by Crippen LogP contribution is 2.39. The van der Waals surface area contributed by atoms with Gasteiger partial charge in [-0.05, 0) is 67.5 Å². The summed E-state index contributed by atoms with van der Waals surface area (Å²) in [6, 6.07) is 16.6. The first-order valence-electron chi connectivity index (χ1n) is 13.3. The first-order valence-corrected chi connectivity index (χ1v) is 15.6. The van der Waals surface area contributed by atoms with Gasteiger partial charge in [0.05, 0.1) is 11.4 Å². The standard InChI is InChI=1S/C31H26F2N4O3S2/c1-17-2-6-19(7-3-17)23-14-21(9-11-25(23)32)29-24(13-20-8-10-22(42(34)40)15-26(20)33)28(12-18-4-5-18)37(36-29)31-35-27(16-41-31)30(38)39/h2-3,6-11,14-16,18H,4-5,12-13H2,1H3,(H2,34,40)(H,38,39)/p+1. The minimum absolute atomic E-state index is 0.0908. The molecule has 1 saturated carbocycles. The number of hydrogen-bond donors (Lipinski definition) is 2. The summed E-state index contributed by atoms with van der Waals surface area (Å²) in [5.74, 6) is -1.66. The number of carboxylic acid groups (broad SMARTS) is 1. The zero-order valence-electron chi connectivity index (χ0n) is 22.6. The summed E-state index contributed by atoms with van der Waals surface area (Å²) in [4.78, 5) is 16.1. The molecule has 11 heteroatoms. The molecule has 6 rings (SSSR count). The van der Waals surface area contributed by atoms with Crippen molar-refractivity contribution in [3.8, 4) is 27.5 Å². The summed E-state index contributed by atoms with van der Waals surface area (Å²) in [5, 5.41) is 21.7. The van der Waals surface area contributed by atoms with Crippen LogP contribution >= 0.6 is 11.3 Å². The Kier molecular flexibility index (Phi) is 7.56. The quantitative estimate of drug-likeness (QED) is 0.149. The molecule has 1 atom stereocenters. The molecule has 1 aliphatic carbocycles. The molecule has 2 aromatic heterocycles. The van der Waals surface area contributed by atoms with Crippen LogP contribution in [-0.4, -0.2) is 25.8 Å². The highest BCUT2D eigenvalue weighted by atomic mass is 32.2. The van der Waals surface area contributed by atoms with Crippen LogP contribution in [0.4, 0.5) is 8.78 Å². The number of aromatic carboxylic acids is 1. The molecule has 0 amide bonds. The maximum atomic E-state index is 15.3. The fraction of sp³-hybridized carbons (Fsp3) is 0.194. The van der Waals surface area contributed by atoms with E-state index < -0.39 is 22.8 Å². The number of thiol groups is 1. The third-order valence-corrected chi connectivity index (χ3v) is 9.03. The number of carbonyl (C=O) groups is 1. The van der Waals surface area contributed by atoms with Gasteiger partial charge in [-0.2, -0.15) is 5.10 Å². The van der Waals surface area contributed by atoms with Crippen molar-refractivity contribution in [2.24, 2.45) is 11.1 Å². The van der Waals surface area contributed by atoms with Crippen molar-refractivity contribution < 1.29 is 22.9 Å². The maximum Gasteiger partial charge on any atom is 0.355 e. The Morgan fingerprint density at radius 3 is 2.45 bits per heavy atom. The van der Waals surface area contributed by atoms with Gasteiger partial charge in [0.15, 0.2) is 21.6 Å². The van der Waals surface area contributed by atoms with Gasteiger partial charge >= 0.3 is 5.97 Å². The monoisotopic (exact) mass is 605 g/mol. The molecule has 1 fully saturated rings. The third kappa shape index (κ3) is 5.67. The fourth-order valence-corrected chi connectivity index (χ4v) is 6.19. The van der Waals surface area contributed by atoms with Gasteiger partial charge < -0.3 is 5.11 Å². The number of nitrogens with two attached hydrogens (primary N) is 1. The summed E-state index contributed by atoms with van der Waals surface area (Å²) in [6.07, 6.45) is 2.88. The summed E-state index contributed by atoms with van der Waals surface area (Å²) < 4.78 is 43.8. The van der Waals surface area contributed by atoms with Crippen molar-refractivity contribution in [1.29, 1.82) is 0 Å². The first-order chi connectivity index (χ1) is 20.2. The molecule has 214 valence electrons. The number of aryl methyl sites for hydroxylation is 1. The molecular weight excluding hydrogens is 578 g/mol. The maximum absolute atomic E-state index is 15.3. The van der Waals surface area contributed by atoms with Crippen LogP contribution in [0.2, 0.25) is 0 Å². The Hall–Kier alpha value is -4.06. The summed E-state index contributed by atoms with van der Waals surface area (Å²) in [5.41, 5.74) is 5.13. The highest BCUT2D eigenvalue weighted by Gasteiger charge is 2.30. The van der Waals surface area contributed by atoms with Crippen molar-refractivity contribution in [1.82, 2.24) is 14.8 Å². The van der Waals surface area contributed by atoms with E-state index in [0.717, 1.165) is 41.0 Å². The second-order valence-corrected chi connectivity index (χ2v) is 12.5. The zero-order chi connectivity index (χ0) is 29.5. The first kappa shape index (κ1) is 28.1. The van der Waals surface area contributed by atoms with Crippen LogP contribution in [-0.2, 0) is 28.0 Å². The molecule has 0 aliphatic heterocycles. The zero-order valence-corrected chi connectivity index (χ0v) is 24.3. The molecular formula is C31H27F2N4O3S2+. The molecule has 7 nitrogen and oxygen atoms in total. The number of aromatic nitrogens is 3. The predicted octanol–water partition coefficient (Wildman–Crippen LogP) is 6.42. The molecule has 3 aromatic carbocycles. The van der Waals surface area contributed by atoms with Gasteiger partial charge in [-0.25, -0.2) is 23.2 Å². The Bertz CT molecular complexity index is 1850. The predicted molar refractivity (Wildman–Crippen MR) is 159 cm³/mol. The number of benzene rings is 3. The van der Waals surface area contributed by atoms with E-state index in [-0.39, 0.29) is 22.8 Å². The third-order valence-electron chi connectivity index (χ3n) is 7.42. The van der Waals surface area contributed by atoms with Gasteiger partial charge in [0.2, 0.25) is 5.13 Å². The van der Waals surface area contributed by atoms with Crippen LogP contribution in [0.3, 0.4) is 0 Å². The average molecular weight is 606 g/mol. The summed E-state index contributed by atoms with van der Waals surface area (Å²) in [7, 11) is -2.19. The van der Waals surface area contributed by atoms with E-state index in [1.807, 2.05) is 31.2 Å². The van der Waals surface area contributed by atoms with Crippen molar-refractivity contribution in [3.63, 3.8) is 0 Å². The lowest BCUT2D eigenvalue weighted by Crippen LogP contribution is -2.07. The molecule has 0 radical (unpaired) electrons. The van der Waals surface area contributed by atoms with Gasteiger partial charge in [-0.3, -0.25) is 0 Å². The average Bonchev–Trinajstić information content (AvgIpc) is 3.52. The van der Waals surface area contributed by atoms with Gasteiger partial charge in [0, 0.05) is 34.6 Å². The van der Waals surface area contributed by atoms with Gasteiger partial charge in [0.1, 0.15) is 11.6 Å². The van der Waals surface area contributed by atoms with Crippen LogP contribution in [0.5, 0.6) is 0 Å². The fourth-order valence-electron chi connectivity index (χ4n) is 4.96. The van der Waals surface area contributed by atoms with Gasteiger partial charge in [0.25, 0.3) is 0 Å². The Labute approximate surface area is 247 Å². The van der Waals surface area contributed by atoms with Crippen molar-refractivity contribution in [2.45, 2.75) is 37.5 Å². The molecule has 1 aliphatic rings. The van der Waals surface area contributed by atoms with E-state index >= 15 is 8.78 Å². The topological polar surface area (TPSA) is 111 Å². The molecule has 1 unspecified atom stereocenters. The number of halogens is 2. The van der Waals surface area contributed by atoms with E-state index in [0.29, 0.717) is 45.4 Å². The van der Waals surface area contributed by atoms with Gasteiger partial charge in [-0.1, -0.05) is 40.1 Å². The van der Waals surface area contributed by atoms with Crippen LogP contribution in [0.1, 0.15) is 45.7 Å². The molecule has 0 bridgehead atoms. The Morgan fingerprint density at radius 2 is 1.81 bits per heavy atom. The SMILES string of the molecule is Cc1ccc(-c2cc(-c3nn(-c4nc(C(=O)O)cs4)c(CC4CC4)c3Cc3ccc([SH+](N)=O)cc3F)ccc2F)cc1. The lowest BCUT2D eigenvalue weighted by molar-refractivity contribution is 0.0691.